The minimum absolute atomic E-state index is 0.182. The molecule has 12 heteroatoms. The molecule has 1 heterocycles. The zero-order chi connectivity index (χ0) is 17.1. The summed E-state index contributed by atoms with van der Waals surface area (Å²) >= 11 is 0. The summed E-state index contributed by atoms with van der Waals surface area (Å²) in [5.74, 6) is -1.46. The van der Waals surface area contributed by atoms with E-state index in [0.29, 0.717) is 0 Å². The molecular weight excluding hydrogens is 338 g/mol. The van der Waals surface area contributed by atoms with Gasteiger partial charge in [0.15, 0.2) is 0 Å². The van der Waals surface area contributed by atoms with Crippen molar-refractivity contribution in [3.63, 3.8) is 0 Å². The predicted octanol–water partition coefficient (Wildman–Crippen LogP) is 0.571. The highest BCUT2D eigenvalue weighted by Crippen LogP contribution is 2.42. The summed E-state index contributed by atoms with van der Waals surface area (Å²) in [7, 11) is -9.07. The first-order chi connectivity index (χ1) is 9.92. The van der Waals surface area contributed by atoms with E-state index >= 15 is 0 Å². The monoisotopic (exact) mass is 356 g/mol. The van der Waals surface area contributed by atoms with Gasteiger partial charge in [-0.05, 0) is 13.8 Å². The molecule has 2 atom stereocenters. The number of aromatic nitrogens is 1. The van der Waals surface area contributed by atoms with Crippen LogP contribution >= 0.6 is 15.4 Å². The molecular formula is C10H18N2O8P2. The standard InChI is InChI=1S/C10H18N2O8P2/c1-6(12-7(2)21(14,15)16)10-8(3-11-4-9(10)13)5-20-22(17,18)19/h3-4,6-7,12-13H,5H2,1-2H3,(H2,14,15,16)(H2,17,18,19). The molecule has 0 fully saturated rings. The Morgan fingerprint density at radius 3 is 2.32 bits per heavy atom. The normalized spacial score (nSPS) is 15.5. The second-order valence-corrected chi connectivity index (χ2v) is 7.84. The number of rotatable bonds is 7. The summed E-state index contributed by atoms with van der Waals surface area (Å²) in [6.45, 7) is 2.29. The number of phosphoric acid groups is 1. The Morgan fingerprint density at radius 1 is 1.23 bits per heavy atom. The summed E-state index contributed by atoms with van der Waals surface area (Å²) in [5, 5.41) is 12.5. The van der Waals surface area contributed by atoms with E-state index in [2.05, 4.69) is 14.8 Å². The number of pyridine rings is 1. The Hall–Kier alpha value is -0.830. The molecule has 0 aromatic carbocycles. The van der Waals surface area contributed by atoms with E-state index in [4.69, 9.17) is 19.6 Å². The quantitative estimate of drug-likeness (QED) is 0.380. The topological polar surface area (TPSA) is 169 Å². The molecule has 2 unspecified atom stereocenters. The van der Waals surface area contributed by atoms with E-state index < -0.39 is 33.9 Å². The molecule has 126 valence electrons. The van der Waals surface area contributed by atoms with Gasteiger partial charge in [-0.3, -0.25) is 19.4 Å². The van der Waals surface area contributed by atoms with Crippen molar-refractivity contribution in [1.29, 1.82) is 0 Å². The van der Waals surface area contributed by atoms with E-state index in [0.717, 1.165) is 6.20 Å². The van der Waals surface area contributed by atoms with Gasteiger partial charge in [0, 0.05) is 23.4 Å². The Balaban J connectivity index is 3.02. The maximum atomic E-state index is 11.2. The smallest absolute Gasteiger partial charge is 0.469 e. The van der Waals surface area contributed by atoms with Crippen LogP contribution in [-0.4, -0.2) is 35.4 Å². The lowest BCUT2D eigenvalue weighted by atomic mass is 10.0. The van der Waals surface area contributed by atoms with Crippen LogP contribution in [0.5, 0.6) is 5.75 Å². The molecule has 0 aliphatic rings. The van der Waals surface area contributed by atoms with Crippen LogP contribution in [-0.2, 0) is 20.3 Å². The number of phosphoric ester groups is 1. The zero-order valence-electron chi connectivity index (χ0n) is 11.8. The van der Waals surface area contributed by atoms with Crippen LogP contribution in [0.3, 0.4) is 0 Å². The molecule has 0 saturated carbocycles. The van der Waals surface area contributed by atoms with Crippen LogP contribution in [0, 0.1) is 0 Å². The number of nitrogens with zero attached hydrogens (tertiary/aromatic N) is 1. The van der Waals surface area contributed by atoms with Crippen molar-refractivity contribution in [2.24, 2.45) is 0 Å². The zero-order valence-corrected chi connectivity index (χ0v) is 13.6. The van der Waals surface area contributed by atoms with Gasteiger partial charge in [-0.1, -0.05) is 0 Å². The third-order valence-corrected chi connectivity index (χ3v) is 4.49. The van der Waals surface area contributed by atoms with Crippen molar-refractivity contribution in [2.45, 2.75) is 32.3 Å². The van der Waals surface area contributed by atoms with Gasteiger partial charge >= 0.3 is 15.4 Å². The first kappa shape index (κ1) is 19.2. The molecule has 1 aromatic rings. The van der Waals surface area contributed by atoms with Crippen LogP contribution in [0.4, 0.5) is 0 Å². The largest absolute Gasteiger partial charge is 0.506 e. The molecule has 1 rings (SSSR count). The summed E-state index contributed by atoms with van der Waals surface area (Å²) in [4.78, 5) is 39.3. The van der Waals surface area contributed by atoms with E-state index in [1.807, 2.05) is 0 Å². The Morgan fingerprint density at radius 2 is 1.82 bits per heavy atom. The molecule has 1 aromatic heterocycles. The second-order valence-electron chi connectivity index (χ2n) is 4.65. The molecule has 0 aliphatic heterocycles. The van der Waals surface area contributed by atoms with Crippen molar-refractivity contribution in [2.75, 3.05) is 0 Å². The lowest BCUT2D eigenvalue weighted by Crippen LogP contribution is -2.29. The van der Waals surface area contributed by atoms with Crippen molar-refractivity contribution < 1.29 is 38.3 Å². The molecule has 0 bridgehead atoms. The van der Waals surface area contributed by atoms with E-state index in [1.165, 1.54) is 20.0 Å². The van der Waals surface area contributed by atoms with Gasteiger partial charge in [0.05, 0.1) is 12.8 Å². The van der Waals surface area contributed by atoms with E-state index in [1.54, 1.807) is 0 Å². The third kappa shape index (κ3) is 5.75. The Bertz CT molecular complexity index is 613. The highest BCUT2D eigenvalue weighted by atomic mass is 31.2. The molecule has 22 heavy (non-hydrogen) atoms. The first-order valence-electron chi connectivity index (χ1n) is 6.09. The average Bonchev–Trinajstić information content (AvgIpc) is 2.34. The highest BCUT2D eigenvalue weighted by Gasteiger charge is 2.27. The molecule has 0 saturated heterocycles. The Kier molecular flexibility index (Phi) is 6.26. The van der Waals surface area contributed by atoms with Crippen molar-refractivity contribution >= 4 is 15.4 Å². The van der Waals surface area contributed by atoms with Gasteiger partial charge in [0.1, 0.15) is 11.5 Å². The summed E-state index contributed by atoms with van der Waals surface area (Å²) in [6, 6.07) is -0.721. The minimum Gasteiger partial charge on any atom is -0.506 e. The van der Waals surface area contributed by atoms with E-state index in [9.17, 15) is 14.2 Å². The fourth-order valence-electron chi connectivity index (χ4n) is 1.81. The molecule has 0 spiro atoms. The molecule has 0 amide bonds. The molecule has 10 nitrogen and oxygen atoms in total. The fraction of sp³-hybridized carbons (Fsp3) is 0.500. The number of hydrogen-bond acceptors (Lipinski definition) is 6. The van der Waals surface area contributed by atoms with Crippen LogP contribution < -0.4 is 5.32 Å². The van der Waals surface area contributed by atoms with Crippen molar-refractivity contribution in [3.05, 3.63) is 23.5 Å². The lowest BCUT2D eigenvalue weighted by Gasteiger charge is -2.23. The highest BCUT2D eigenvalue weighted by molar-refractivity contribution is 7.52. The third-order valence-electron chi connectivity index (χ3n) is 2.87. The lowest BCUT2D eigenvalue weighted by molar-refractivity contribution is 0.187. The van der Waals surface area contributed by atoms with Gasteiger partial charge in [-0.15, -0.1) is 0 Å². The van der Waals surface area contributed by atoms with E-state index in [-0.39, 0.29) is 16.9 Å². The summed E-state index contributed by atoms with van der Waals surface area (Å²) in [6.07, 6.45) is 2.35. The van der Waals surface area contributed by atoms with Crippen LogP contribution in [0.2, 0.25) is 0 Å². The first-order valence-corrected chi connectivity index (χ1v) is 9.30. The van der Waals surface area contributed by atoms with Crippen molar-refractivity contribution in [1.82, 2.24) is 10.3 Å². The van der Waals surface area contributed by atoms with Crippen LogP contribution in [0.15, 0.2) is 12.4 Å². The fourth-order valence-corrected chi connectivity index (χ4v) is 2.54. The summed E-state index contributed by atoms with van der Waals surface area (Å²) in [5.41, 5.74) is 0.366. The maximum Gasteiger partial charge on any atom is 0.469 e. The van der Waals surface area contributed by atoms with Gasteiger partial charge in [-0.2, -0.15) is 0 Å². The maximum absolute atomic E-state index is 11.2. The van der Waals surface area contributed by atoms with Gasteiger partial charge < -0.3 is 24.7 Å². The number of hydrogen-bond donors (Lipinski definition) is 6. The van der Waals surface area contributed by atoms with Crippen LogP contribution in [0.25, 0.3) is 0 Å². The molecule has 6 N–H and O–H groups in total. The second kappa shape index (κ2) is 7.16. The Labute approximate surface area is 126 Å². The minimum atomic E-state index is -4.70. The molecule has 0 radical (unpaired) electrons. The molecule has 0 aliphatic carbocycles. The van der Waals surface area contributed by atoms with Gasteiger partial charge in [0.2, 0.25) is 0 Å². The van der Waals surface area contributed by atoms with Gasteiger partial charge in [-0.25, -0.2) is 4.57 Å². The number of nitrogens with one attached hydrogen (secondary N) is 1. The van der Waals surface area contributed by atoms with Gasteiger partial charge in [0.25, 0.3) is 0 Å². The van der Waals surface area contributed by atoms with Crippen molar-refractivity contribution in [3.8, 4) is 5.75 Å². The SMILES string of the molecule is CC(NC(C)P(=O)(O)O)c1c(O)cncc1COP(=O)(O)O. The summed E-state index contributed by atoms with van der Waals surface area (Å²) < 4.78 is 26.3. The van der Waals surface area contributed by atoms with Crippen LogP contribution in [0.1, 0.15) is 31.0 Å². The average molecular weight is 356 g/mol. The number of aromatic hydroxyl groups is 1. The predicted molar refractivity (Wildman–Crippen MR) is 75.8 cm³/mol.